The smallest absolute Gasteiger partial charge is 0.356 e. The van der Waals surface area contributed by atoms with Crippen LogP contribution in [0.1, 0.15) is 66.4 Å². The molecule has 5 nitrogen and oxygen atoms in total. The van der Waals surface area contributed by atoms with E-state index in [1.807, 2.05) is 0 Å². The second-order valence-corrected chi connectivity index (χ2v) is 5.81. The number of imidazole rings is 1. The van der Waals surface area contributed by atoms with Crippen molar-refractivity contribution in [2.75, 3.05) is 0 Å². The Balaban J connectivity index is 2.00. The second-order valence-electron chi connectivity index (χ2n) is 5.81. The fraction of sp³-hybridized carbons (Fsp3) is 0.714. The summed E-state index contributed by atoms with van der Waals surface area (Å²) in [5, 5.41) is 9.32. The number of hydrogen-bond donors (Lipinski definition) is 2. The molecule has 5 heteroatoms. The molecule has 0 radical (unpaired) electrons. The SMILES string of the molecule is NC1CCn2c(C3CCCCC3)nc(C(=O)O)c2C1. The Kier molecular flexibility index (Phi) is 3.31. The van der Waals surface area contributed by atoms with E-state index in [2.05, 4.69) is 9.55 Å². The number of rotatable bonds is 2. The molecule has 1 atom stereocenters. The molecule has 0 spiro atoms. The molecule has 1 aromatic heterocycles. The maximum absolute atomic E-state index is 11.4. The largest absolute Gasteiger partial charge is 0.476 e. The van der Waals surface area contributed by atoms with Crippen molar-refractivity contribution in [3.8, 4) is 0 Å². The fourth-order valence-corrected chi connectivity index (χ4v) is 3.45. The molecule has 1 aliphatic carbocycles. The Morgan fingerprint density at radius 1 is 1.26 bits per heavy atom. The summed E-state index contributed by atoms with van der Waals surface area (Å²) in [7, 11) is 0. The molecular formula is C14H21N3O2. The van der Waals surface area contributed by atoms with E-state index in [9.17, 15) is 9.90 Å². The highest BCUT2D eigenvalue weighted by Gasteiger charge is 2.30. The normalized spacial score (nSPS) is 24.2. The number of carboxylic acids is 1. The quantitative estimate of drug-likeness (QED) is 0.854. The number of aromatic nitrogens is 2. The molecule has 0 saturated heterocycles. The molecule has 1 aromatic rings. The third-order valence-electron chi connectivity index (χ3n) is 4.45. The second kappa shape index (κ2) is 4.96. The zero-order valence-corrected chi connectivity index (χ0v) is 11.1. The monoisotopic (exact) mass is 263 g/mol. The number of carbonyl (C=O) groups is 1. The van der Waals surface area contributed by atoms with Crippen LogP contribution in [-0.4, -0.2) is 26.7 Å². The van der Waals surface area contributed by atoms with Gasteiger partial charge < -0.3 is 15.4 Å². The van der Waals surface area contributed by atoms with Crippen molar-refractivity contribution in [1.29, 1.82) is 0 Å². The molecular weight excluding hydrogens is 242 g/mol. The van der Waals surface area contributed by atoms with Crippen LogP contribution < -0.4 is 5.73 Å². The van der Waals surface area contributed by atoms with Crippen molar-refractivity contribution in [1.82, 2.24) is 9.55 Å². The zero-order chi connectivity index (χ0) is 13.4. The highest BCUT2D eigenvalue weighted by atomic mass is 16.4. The van der Waals surface area contributed by atoms with E-state index >= 15 is 0 Å². The van der Waals surface area contributed by atoms with E-state index in [-0.39, 0.29) is 11.7 Å². The summed E-state index contributed by atoms with van der Waals surface area (Å²) in [5.74, 6) is 0.522. The summed E-state index contributed by atoms with van der Waals surface area (Å²) < 4.78 is 2.14. The first kappa shape index (κ1) is 12.7. The fourth-order valence-electron chi connectivity index (χ4n) is 3.45. The van der Waals surface area contributed by atoms with Crippen LogP contribution in [0.25, 0.3) is 0 Å². The lowest BCUT2D eigenvalue weighted by molar-refractivity contribution is 0.0689. The standard InChI is InChI=1S/C14H21N3O2/c15-10-6-7-17-11(8-10)12(14(18)19)16-13(17)9-4-2-1-3-5-9/h9-10H,1-8,15H2,(H,18,19). The van der Waals surface area contributed by atoms with Gasteiger partial charge in [-0.15, -0.1) is 0 Å². The lowest BCUT2D eigenvalue weighted by Crippen LogP contribution is -2.32. The molecule has 2 aliphatic rings. The van der Waals surface area contributed by atoms with E-state index in [1.54, 1.807) is 0 Å². The summed E-state index contributed by atoms with van der Waals surface area (Å²) in [6.45, 7) is 0.822. The summed E-state index contributed by atoms with van der Waals surface area (Å²) >= 11 is 0. The average Bonchev–Trinajstić information content (AvgIpc) is 2.78. The number of nitrogens with two attached hydrogens (primary N) is 1. The van der Waals surface area contributed by atoms with E-state index < -0.39 is 5.97 Å². The van der Waals surface area contributed by atoms with Crippen LogP contribution >= 0.6 is 0 Å². The maximum atomic E-state index is 11.4. The van der Waals surface area contributed by atoms with Crippen molar-refractivity contribution < 1.29 is 9.90 Å². The van der Waals surface area contributed by atoms with Gasteiger partial charge in [-0.1, -0.05) is 19.3 Å². The van der Waals surface area contributed by atoms with E-state index in [0.717, 1.165) is 37.3 Å². The van der Waals surface area contributed by atoms with Crippen LogP contribution in [0.3, 0.4) is 0 Å². The molecule has 3 rings (SSSR count). The molecule has 19 heavy (non-hydrogen) atoms. The highest BCUT2D eigenvalue weighted by Crippen LogP contribution is 2.34. The van der Waals surface area contributed by atoms with E-state index in [0.29, 0.717) is 12.3 Å². The molecule has 1 unspecified atom stereocenters. The Morgan fingerprint density at radius 2 is 2.00 bits per heavy atom. The first-order chi connectivity index (χ1) is 9.16. The first-order valence-corrected chi connectivity index (χ1v) is 7.25. The van der Waals surface area contributed by atoms with Gasteiger partial charge >= 0.3 is 5.97 Å². The van der Waals surface area contributed by atoms with Crippen LogP contribution in [0.2, 0.25) is 0 Å². The minimum atomic E-state index is -0.917. The van der Waals surface area contributed by atoms with E-state index in [1.165, 1.54) is 19.3 Å². The average molecular weight is 263 g/mol. The van der Waals surface area contributed by atoms with Gasteiger partial charge in [0.2, 0.25) is 0 Å². The van der Waals surface area contributed by atoms with Crippen molar-refractivity contribution in [2.24, 2.45) is 5.73 Å². The first-order valence-electron chi connectivity index (χ1n) is 7.25. The number of aromatic carboxylic acids is 1. The molecule has 0 bridgehead atoms. The predicted molar refractivity (Wildman–Crippen MR) is 71.3 cm³/mol. The minimum Gasteiger partial charge on any atom is -0.476 e. The van der Waals surface area contributed by atoms with Crippen LogP contribution in [0.5, 0.6) is 0 Å². The van der Waals surface area contributed by atoms with Gasteiger partial charge in [0, 0.05) is 24.9 Å². The number of carboxylic acid groups (broad SMARTS) is 1. The third kappa shape index (κ3) is 2.27. The van der Waals surface area contributed by atoms with E-state index in [4.69, 9.17) is 5.73 Å². The third-order valence-corrected chi connectivity index (χ3v) is 4.45. The van der Waals surface area contributed by atoms with Gasteiger partial charge in [-0.05, 0) is 19.3 Å². The molecule has 1 saturated carbocycles. The Hall–Kier alpha value is -1.36. The minimum absolute atomic E-state index is 0.0708. The topological polar surface area (TPSA) is 81.1 Å². The Labute approximate surface area is 112 Å². The van der Waals surface area contributed by atoms with Gasteiger partial charge in [-0.25, -0.2) is 9.78 Å². The Morgan fingerprint density at radius 3 is 2.68 bits per heavy atom. The summed E-state index contributed by atoms with van der Waals surface area (Å²) in [4.78, 5) is 15.8. The van der Waals surface area contributed by atoms with Crippen LogP contribution in [0.15, 0.2) is 0 Å². The molecule has 3 N–H and O–H groups in total. The van der Waals surface area contributed by atoms with Crippen LogP contribution in [0.4, 0.5) is 0 Å². The van der Waals surface area contributed by atoms with Gasteiger partial charge in [-0.3, -0.25) is 0 Å². The molecule has 104 valence electrons. The zero-order valence-electron chi connectivity index (χ0n) is 11.1. The van der Waals surface area contributed by atoms with Gasteiger partial charge in [0.1, 0.15) is 5.82 Å². The van der Waals surface area contributed by atoms with Crippen molar-refractivity contribution >= 4 is 5.97 Å². The summed E-state index contributed by atoms with van der Waals surface area (Å²) in [5.41, 5.74) is 7.04. The van der Waals surface area contributed by atoms with Crippen molar-refractivity contribution in [2.45, 2.75) is 63.5 Å². The Bertz CT molecular complexity index is 489. The van der Waals surface area contributed by atoms with Crippen molar-refractivity contribution in [3.63, 3.8) is 0 Å². The molecule has 1 fully saturated rings. The lowest BCUT2D eigenvalue weighted by Gasteiger charge is -2.26. The van der Waals surface area contributed by atoms with Gasteiger partial charge in [-0.2, -0.15) is 0 Å². The van der Waals surface area contributed by atoms with Gasteiger partial charge in [0.15, 0.2) is 5.69 Å². The van der Waals surface area contributed by atoms with Crippen molar-refractivity contribution in [3.05, 3.63) is 17.2 Å². The molecule has 0 aromatic carbocycles. The van der Waals surface area contributed by atoms with Gasteiger partial charge in [0.05, 0.1) is 5.69 Å². The molecule has 2 heterocycles. The number of fused-ring (bicyclic) bond motifs is 1. The number of hydrogen-bond acceptors (Lipinski definition) is 3. The lowest BCUT2D eigenvalue weighted by atomic mass is 9.88. The summed E-state index contributed by atoms with van der Waals surface area (Å²) in [6.07, 6.45) is 7.59. The predicted octanol–water partition coefficient (Wildman–Crippen LogP) is 1.90. The summed E-state index contributed by atoms with van der Waals surface area (Å²) in [6, 6.07) is 0.0708. The van der Waals surface area contributed by atoms with Crippen LogP contribution in [-0.2, 0) is 13.0 Å². The highest BCUT2D eigenvalue weighted by molar-refractivity contribution is 5.87. The maximum Gasteiger partial charge on any atom is 0.356 e. The van der Waals surface area contributed by atoms with Gasteiger partial charge in [0.25, 0.3) is 0 Å². The van der Waals surface area contributed by atoms with Crippen LogP contribution in [0, 0.1) is 0 Å². The number of nitrogens with zero attached hydrogens (tertiary/aromatic N) is 2. The molecule has 0 amide bonds. The molecule has 1 aliphatic heterocycles.